The molecule has 1 atom stereocenters. The maximum atomic E-state index is 11.5. The van der Waals surface area contributed by atoms with Crippen molar-refractivity contribution in [1.29, 1.82) is 0 Å². The molecule has 0 aliphatic heterocycles. The van der Waals surface area contributed by atoms with Crippen LogP contribution in [0.2, 0.25) is 10.0 Å². The Balaban J connectivity index is 2.62. The average molecular weight is 281 g/mol. The lowest BCUT2D eigenvalue weighted by atomic mass is 10.2. The van der Waals surface area contributed by atoms with Gasteiger partial charge in [-0.1, -0.05) is 23.2 Å². The molecule has 0 aliphatic rings. The molecule has 6 heteroatoms. The molecule has 0 spiro atoms. The number of carbonyl (C=O) groups is 1. The Hall–Kier alpha value is -0.580. The van der Waals surface area contributed by atoms with Crippen LogP contribution in [0.15, 0.2) is 18.2 Å². The Kier molecular flexibility index (Phi) is 5.25. The van der Waals surface area contributed by atoms with Gasteiger partial charge in [-0.05, 0) is 23.8 Å². The van der Waals surface area contributed by atoms with Crippen LogP contribution < -0.4 is 0 Å². The van der Waals surface area contributed by atoms with E-state index in [0.29, 0.717) is 15.6 Å². The molecule has 1 aromatic rings. The topological polar surface area (TPSA) is 54.4 Å². The van der Waals surface area contributed by atoms with E-state index >= 15 is 0 Å². The van der Waals surface area contributed by atoms with E-state index in [1.165, 1.54) is 0 Å². The van der Waals surface area contributed by atoms with E-state index in [1.807, 2.05) is 0 Å². The minimum atomic E-state index is -1.23. The molecular formula is C10H10Cl2O3S. The molecule has 0 saturated carbocycles. The van der Waals surface area contributed by atoms with Crippen LogP contribution in [0.5, 0.6) is 0 Å². The molecule has 0 radical (unpaired) electrons. The molecule has 1 unspecified atom stereocenters. The summed E-state index contributed by atoms with van der Waals surface area (Å²) in [5.74, 6) is -0.601. The summed E-state index contributed by atoms with van der Waals surface area (Å²) in [7, 11) is -1.23. The van der Waals surface area contributed by atoms with E-state index in [9.17, 15) is 9.00 Å². The van der Waals surface area contributed by atoms with Crippen molar-refractivity contribution in [3.8, 4) is 0 Å². The van der Waals surface area contributed by atoms with E-state index in [2.05, 4.69) is 0 Å². The molecular weight excluding hydrogens is 271 g/mol. The zero-order valence-corrected chi connectivity index (χ0v) is 10.6. The van der Waals surface area contributed by atoms with Crippen LogP contribution in [0.1, 0.15) is 12.0 Å². The summed E-state index contributed by atoms with van der Waals surface area (Å²) in [6.07, 6.45) is -0.106. The molecule has 3 nitrogen and oxygen atoms in total. The van der Waals surface area contributed by atoms with E-state index in [-0.39, 0.29) is 17.9 Å². The number of halogens is 2. The number of benzene rings is 1. The van der Waals surface area contributed by atoms with Crippen LogP contribution in [0, 0.1) is 0 Å². The van der Waals surface area contributed by atoms with Crippen LogP contribution in [0.4, 0.5) is 0 Å². The molecule has 0 amide bonds. The fourth-order valence-electron chi connectivity index (χ4n) is 1.10. The van der Waals surface area contributed by atoms with Gasteiger partial charge in [-0.25, -0.2) is 0 Å². The third-order valence-electron chi connectivity index (χ3n) is 1.87. The summed E-state index contributed by atoms with van der Waals surface area (Å²) in [6, 6.07) is 4.92. The molecule has 1 N–H and O–H groups in total. The first-order chi connectivity index (χ1) is 7.49. The summed E-state index contributed by atoms with van der Waals surface area (Å²) in [6.45, 7) is 0. The van der Waals surface area contributed by atoms with Crippen molar-refractivity contribution in [3.05, 3.63) is 33.8 Å². The number of aliphatic carboxylic acids is 1. The molecule has 0 aromatic heterocycles. The van der Waals surface area contributed by atoms with Gasteiger partial charge in [-0.15, -0.1) is 0 Å². The third kappa shape index (κ3) is 4.51. The highest BCUT2D eigenvalue weighted by Gasteiger charge is 2.08. The maximum absolute atomic E-state index is 11.5. The van der Waals surface area contributed by atoms with Gasteiger partial charge in [0.2, 0.25) is 0 Å². The van der Waals surface area contributed by atoms with E-state index in [0.717, 1.165) is 0 Å². The van der Waals surface area contributed by atoms with Crippen molar-refractivity contribution in [2.45, 2.75) is 12.2 Å². The largest absolute Gasteiger partial charge is 0.481 e. The highest BCUT2D eigenvalue weighted by molar-refractivity contribution is 7.84. The Morgan fingerprint density at radius 3 is 2.69 bits per heavy atom. The zero-order chi connectivity index (χ0) is 12.1. The monoisotopic (exact) mass is 280 g/mol. The Bertz CT molecular complexity index is 421. The summed E-state index contributed by atoms with van der Waals surface area (Å²) in [4.78, 5) is 10.3. The first-order valence-corrected chi connectivity index (χ1v) is 6.74. The first-order valence-electron chi connectivity index (χ1n) is 4.49. The predicted octanol–water partition coefficient (Wildman–Crippen LogP) is 2.72. The van der Waals surface area contributed by atoms with E-state index in [1.54, 1.807) is 18.2 Å². The second-order valence-electron chi connectivity index (χ2n) is 3.17. The van der Waals surface area contributed by atoms with Crippen LogP contribution in [-0.2, 0) is 21.3 Å². The van der Waals surface area contributed by atoms with Crippen LogP contribution in [0.25, 0.3) is 0 Å². The van der Waals surface area contributed by atoms with Crippen LogP contribution >= 0.6 is 23.2 Å². The second-order valence-corrected chi connectivity index (χ2v) is 5.59. The molecule has 0 bridgehead atoms. The minimum absolute atomic E-state index is 0.106. The van der Waals surface area contributed by atoms with Gasteiger partial charge in [-0.2, -0.15) is 0 Å². The average Bonchev–Trinajstić information content (AvgIpc) is 2.20. The summed E-state index contributed by atoms with van der Waals surface area (Å²) >= 11 is 11.7. The molecule has 1 aromatic carbocycles. The molecule has 1 rings (SSSR count). The van der Waals surface area contributed by atoms with Gasteiger partial charge in [0, 0.05) is 26.6 Å². The number of hydrogen-bond donors (Lipinski definition) is 1. The molecule has 16 heavy (non-hydrogen) atoms. The molecule has 88 valence electrons. The summed E-state index contributed by atoms with van der Waals surface area (Å²) < 4.78 is 11.5. The summed E-state index contributed by atoms with van der Waals surface area (Å²) in [5, 5.41) is 9.46. The number of carboxylic acid groups (broad SMARTS) is 1. The molecule has 0 heterocycles. The normalized spacial score (nSPS) is 12.4. The Labute approximate surface area is 106 Å². The number of carboxylic acids is 1. The number of hydrogen-bond acceptors (Lipinski definition) is 2. The van der Waals surface area contributed by atoms with Gasteiger partial charge in [0.25, 0.3) is 0 Å². The van der Waals surface area contributed by atoms with E-state index < -0.39 is 16.8 Å². The lowest BCUT2D eigenvalue weighted by molar-refractivity contribution is -0.136. The lowest BCUT2D eigenvalue weighted by Gasteiger charge is -2.04. The standard InChI is InChI=1S/C10H10Cl2O3S/c11-8-1-2-9(12)7(5-8)6-16(15)4-3-10(13)14/h1-2,5H,3-4,6H2,(H,13,14). The SMILES string of the molecule is O=C(O)CCS(=O)Cc1cc(Cl)ccc1Cl. The Morgan fingerprint density at radius 1 is 1.38 bits per heavy atom. The molecule has 0 saturated heterocycles. The van der Waals surface area contributed by atoms with Crippen molar-refractivity contribution in [3.63, 3.8) is 0 Å². The zero-order valence-electron chi connectivity index (χ0n) is 8.28. The van der Waals surface area contributed by atoms with Crippen LogP contribution in [0.3, 0.4) is 0 Å². The Morgan fingerprint density at radius 2 is 2.06 bits per heavy atom. The van der Waals surface area contributed by atoms with Gasteiger partial charge in [0.1, 0.15) is 0 Å². The number of rotatable bonds is 5. The van der Waals surface area contributed by atoms with Gasteiger partial charge < -0.3 is 5.11 Å². The van der Waals surface area contributed by atoms with Gasteiger partial charge in [0.05, 0.1) is 12.2 Å². The first kappa shape index (κ1) is 13.5. The molecule has 0 aliphatic carbocycles. The highest BCUT2D eigenvalue weighted by atomic mass is 35.5. The van der Waals surface area contributed by atoms with Gasteiger partial charge in [0.15, 0.2) is 0 Å². The van der Waals surface area contributed by atoms with Crippen LogP contribution in [-0.4, -0.2) is 21.0 Å². The van der Waals surface area contributed by atoms with Gasteiger partial charge in [-0.3, -0.25) is 9.00 Å². The maximum Gasteiger partial charge on any atom is 0.304 e. The molecule has 0 fully saturated rings. The minimum Gasteiger partial charge on any atom is -0.481 e. The van der Waals surface area contributed by atoms with Crippen molar-refractivity contribution in [2.24, 2.45) is 0 Å². The smallest absolute Gasteiger partial charge is 0.304 e. The fourth-order valence-corrected chi connectivity index (χ4v) is 2.69. The fraction of sp³-hybridized carbons (Fsp3) is 0.300. The van der Waals surface area contributed by atoms with Crippen molar-refractivity contribution >= 4 is 40.0 Å². The van der Waals surface area contributed by atoms with E-state index in [4.69, 9.17) is 28.3 Å². The second kappa shape index (κ2) is 6.23. The van der Waals surface area contributed by atoms with Crippen molar-refractivity contribution < 1.29 is 14.1 Å². The van der Waals surface area contributed by atoms with Crippen molar-refractivity contribution in [2.75, 3.05) is 5.75 Å². The summed E-state index contributed by atoms with van der Waals surface area (Å²) in [5.41, 5.74) is 0.679. The quantitative estimate of drug-likeness (QED) is 0.902. The van der Waals surface area contributed by atoms with Crippen molar-refractivity contribution in [1.82, 2.24) is 0 Å². The highest BCUT2D eigenvalue weighted by Crippen LogP contribution is 2.21. The lowest BCUT2D eigenvalue weighted by Crippen LogP contribution is -2.06. The van der Waals surface area contributed by atoms with Gasteiger partial charge >= 0.3 is 5.97 Å². The predicted molar refractivity (Wildman–Crippen MR) is 65.4 cm³/mol. The third-order valence-corrected chi connectivity index (χ3v) is 3.76.